The molecule has 1 atom stereocenters. The van der Waals surface area contributed by atoms with E-state index in [1.54, 1.807) is 0 Å². The SMILES string of the molecule is CCN(CC(C)C#N)c1cc(=O)[nH]c(C2CC2)n1. The molecule has 1 aliphatic carbocycles. The Morgan fingerprint density at radius 2 is 2.39 bits per heavy atom. The molecular formula is C13H18N4O. The zero-order valence-electron chi connectivity index (χ0n) is 10.8. The van der Waals surface area contributed by atoms with Crippen molar-refractivity contribution in [3.05, 3.63) is 22.2 Å². The number of hydrogen-bond donors (Lipinski definition) is 1. The summed E-state index contributed by atoms with van der Waals surface area (Å²) in [5.74, 6) is 1.82. The van der Waals surface area contributed by atoms with E-state index in [4.69, 9.17) is 5.26 Å². The van der Waals surface area contributed by atoms with Gasteiger partial charge < -0.3 is 9.88 Å². The number of H-pyrrole nitrogens is 1. The van der Waals surface area contributed by atoms with Gasteiger partial charge >= 0.3 is 0 Å². The number of hydrogen-bond acceptors (Lipinski definition) is 4. The average Bonchev–Trinajstić information content (AvgIpc) is 3.18. The summed E-state index contributed by atoms with van der Waals surface area (Å²) >= 11 is 0. The van der Waals surface area contributed by atoms with E-state index >= 15 is 0 Å². The van der Waals surface area contributed by atoms with Crippen LogP contribution in [0, 0.1) is 17.2 Å². The summed E-state index contributed by atoms with van der Waals surface area (Å²) in [5, 5.41) is 8.87. The molecule has 18 heavy (non-hydrogen) atoms. The Morgan fingerprint density at radius 3 is 2.94 bits per heavy atom. The van der Waals surface area contributed by atoms with Crippen LogP contribution in [-0.2, 0) is 0 Å². The van der Waals surface area contributed by atoms with E-state index in [9.17, 15) is 4.79 Å². The van der Waals surface area contributed by atoms with E-state index in [-0.39, 0.29) is 11.5 Å². The Labute approximate surface area is 106 Å². The normalized spacial score (nSPS) is 16.1. The van der Waals surface area contributed by atoms with Crippen molar-refractivity contribution in [2.75, 3.05) is 18.0 Å². The fourth-order valence-electron chi connectivity index (χ4n) is 1.93. The highest BCUT2D eigenvalue weighted by Gasteiger charge is 2.27. The van der Waals surface area contributed by atoms with Crippen LogP contribution in [0.15, 0.2) is 10.9 Å². The van der Waals surface area contributed by atoms with Crippen LogP contribution in [0.1, 0.15) is 38.4 Å². The molecule has 1 aromatic rings. The quantitative estimate of drug-likeness (QED) is 0.857. The van der Waals surface area contributed by atoms with Gasteiger partial charge in [-0.1, -0.05) is 0 Å². The van der Waals surface area contributed by atoms with E-state index in [1.165, 1.54) is 6.07 Å². The highest BCUT2D eigenvalue weighted by molar-refractivity contribution is 5.38. The maximum atomic E-state index is 11.6. The number of nitrogens with one attached hydrogen (secondary N) is 1. The molecule has 5 nitrogen and oxygen atoms in total. The molecule has 1 fully saturated rings. The highest BCUT2D eigenvalue weighted by atomic mass is 16.1. The molecule has 5 heteroatoms. The van der Waals surface area contributed by atoms with Crippen LogP contribution in [0.5, 0.6) is 0 Å². The third-order valence-electron chi connectivity index (χ3n) is 3.13. The Morgan fingerprint density at radius 1 is 1.67 bits per heavy atom. The fraction of sp³-hybridized carbons (Fsp3) is 0.615. The monoisotopic (exact) mass is 246 g/mol. The van der Waals surface area contributed by atoms with Crippen molar-refractivity contribution in [3.8, 4) is 6.07 Å². The maximum absolute atomic E-state index is 11.6. The summed E-state index contributed by atoms with van der Waals surface area (Å²) in [6.45, 7) is 5.22. The standard InChI is InChI=1S/C13H18N4O/c1-3-17(8-9(2)7-14)11-6-12(18)16-13(15-11)10-4-5-10/h6,9-10H,3-5,8H2,1-2H3,(H,15,16,18). The molecule has 0 radical (unpaired) electrons. The van der Waals surface area contributed by atoms with Crippen molar-refractivity contribution in [1.82, 2.24) is 9.97 Å². The molecule has 0 spiro atoms. The first-order valence-electron chi connectivity index (χ1n) is 6.39. The molecular weight excluding hydrogens is 228 g/mol. The Kier molecular flexibility index (Phi) is 3.66. The van der Waals surface area contributed by atoms with Crippen LogP contribution in [0.3, 0.4) is 0 Å². The molecule has 0 saturated heterocycles. The van der Waals surface area contributed by atoms with Gasteiger partial charge in [0.15, 0.2) is 0 Å². The van der Waals surface area contributed by atoms with E-state index in [0.717, 1.165) is 25.2 Å². The van der Waals surface area contributed by atoms with Crippen molar-refractivity contribution in [2.45, 2.75) is 32.6 Å². The smallest absolute Gasteiger partial charge is 0.252 e. The van der Waals surface area contributed by atoms with Gasteiger partial charge in [-0.25, -0.2) is 4.98 Å². The summed E-state index contributed by atoms with van der Waals surface area (Å²) < 4.78 is 0. The largest absolute Gasteiger partial charge is 0.355 e. The molecule has 0 bridgehead atoms. The van der Waals surface area contributed by atoms with Crippen LogP contribution in [-0.4, -0.2) is 23.1 Å². The molecule has 1 aliphatic rings. The number of rotatable bonds is 5. The molecule has 1 unspecified atom stereocenters. The van der Waals surface area contributed by atoms with Crippen LogP contribution in [0.4, 0.5) is 5.82 Å². The zero-order chi connectivity index (χ0) is 13.1. The predicted octanol–water partition coefficient (Wildman–Crippen LogP) is 1.63. The van der Waals surface area contributed by atoms with Crippen molar-refractivity contribution in [2.24, 2.45) is 5.92 Å². The minimum Gasteiger partial charge on any atom is -0.355 e. The topological polar surface area (TPSA) is 72.8 Å². The summed E-state index contributed by atoms with van der Waals surface area (Å²) in [6.07, 6.45) is 2.21. The Balaban J connectivity index is 2.24. The predicted molar refractivity (Wildman–Crippen MR) is 69.5 cm³/mol. The summed E-state index contributed by atoms with van der Waals surface area (Å²) in [5.41, 5.74) is -0.107. The van der Waals surface area contributed by atoms with Gasteiger partial charge in [0.05, 0.1) is 12.0 Å². The van der Waals surface area contributed by atoms with E-state index in [1.807, 2.05) is 18.7 Å². The Bertz CT molecular complexity index is 512. The summed E-state index contributed by atoms with van der Waals surface area (Å²) in [6, 6.07) is 3.72. The van der Waals surface area contributed by atoms with E-state index in [0.29, 0.717) is 18.3 Å². The van der Waals surface area contributed by atoms with Crippen LogP contribution in [0.25, 0.3) is 0 Å². The third-order valence-corrected chi connectivity index (χ3v) is 3.13. The minimum atomic E-state index is -0.107. The highest BCUT2D eigenvalue weighted by Crippen LogP contribution is 2.37. The van der Waals surface area contributed by atoms with Crippen LogP contribution < -0.4 is 10.5 Å². The zero-order valence-corrected chi connectivity index (χ0v) is 10.8. The molecule has 1 aromatic heterocycles. The van der Waals surface area contributed by atoms with E-state index < -0.39 is 0 Å². The Hall–Kier alpha value is -1.83. The lowest BCUT2D eigenvalue weighted by Gasteiger charge is -2.23. The van der Waals surface area contributed by atoms with Gasteiger partial charge in [-0.2, -0.15) is 5.26 Å². The van der Waals surface area contributed by atoms with Gasteiger partial charge in [-0.3, -0.25) is 4.79 Å². The molecule has 96 valence electrons. The van der Waals surface area contributed by atoms with Gasteiger partial charge in [0.25, 0.3) is 5.56 Å². The first-order chi connectivity index (χ1) is 8.63. The van der Waals surface area contributed by atoms with Gasteiger partial charge in [-0.05, 0) is 26.7 Å². The molecule has 1 N–H and O–H groups in total. The second-order valence-electron chi connectivity index (χ2n) is 4.83. The lowest BCUT2D eigenvalue weighted by atomic mass is 10.2. The van der Waals surface area contributed by atoms with Gasteiger partial charge in [-0.15, -0.1) is 0 Å². The molecule has 1 saturated carbocycles. The molecule has 0 aliphatic heterocycles. The van der Waals surface area contributed by atoms with Crippen molar-refractivity contribution < 1.29 is 0 Å². The molecule has 2 rings (SSSR count). The number of nitrogens with zero attached hydrogens (tertiary/aromatic N) is 3. The van der Waals surface area contributed by atoms with Crippen LogP contribution in [0.2, 0.25) is 0 Å². The van der Waals surface area contributed by atoms with Crippen LogP contribution >= 0.6 is 0 Å². The molecule has 0 amide bonds. The number of nitriles is 1. The average molecular weight is 246 g/mol. The first-order valence-corrected chi connectivity index (χ1v) is 6.39. The van der Waals surface area contributed by atoms with E-state index in [2.05, 4.69) is 16.0 Å². The number of anilines is 1. The van der Waals surface area contributed by atoms with Gasteiger partial charge in [0.1, 0.15) is 11.6 Å². The second kappa shape index (κ2) is 5.21. The fourth-order valence-corrected chi connectivity index (χ4v) is 1.93. The first kappa shape index (κ1) is 12.6. The minimum absolute atomic E-state index is 0.0737. The third kappa shape index (κ3) is 2.89. The lowest BCUT2D eigenvalue weighted by Crippen LogP contribution is -2.30. The van der Waals surface area contributed by atoms with Crippen molar-refractivity contribution in [3.63, 3.8) is 0 Å². The van der Waals surface area contributed by atoms with Gasteiger partial charge in [0, 0.05) is 25.1 Å². The lowest BCUT2D eigenvalue weighted by molar-refractivity contribution is 0.675. The molecule has 0 aromatic carbocycles. The maximum Gasteiger partial charge on any atom is 0.252 e. The number of aromatic nitrogens is 2. The van der Waals surface area contributed by atoms with Gasteiger partial charge in [0.2, 0.25) is 0 Å². The summed E-state index contributed by atoms with van der Waals surface area (Å²) in [7, 11) is 0. The van der Waals surface area contributed by atoms with Crippen molar-refractivity contribution >= 4 is 5.82 Å². The molecule has 1 heterocycles. The number of aromatic amines is 1. The summed E-state index contributed by atoms with van der Waals surface area (Å²) in [4.78, 5) is 20.9. The second-order valence-corrected chi connectivity index (χ2v) is 4.83. The van der Waals surface area contributed by atoms with Crippen molar-refractivity contribution in [1.29, 1.82) is 5.26 Å².